The summed E-state index contributed by atoms with van der Waals surface area (Å²) in [4.78, 5) is 26.9. The maximum Gasteiger partial charge on any atom is 0.258 e. The number of anilines is 1. The molecule has 0 fully saturated rings. The molecule has 0 aliphatic carbocycles. The molecule has 150 valence electrons. The highest BCUT2D eigenvalue weighted by Crippen LogP contribution is 2.24. The summed E-state index contributed by atoms with van der Waals surface area (Å²) < 4.78 is 19.0. The summed E-state index contributed by atoms with van der Waals surface area (Å²) in [5, 5.41) is 5.48. The Bertz CT molecular complexity index is 822. The van der Waals surface area contributed by atoms with Gasteiger partial charge in [-0.3, -0.25) is 9.59 Å². The van der Waals surface area contributed by atoms with E-state index in [-0.39, 0.29) is 11.5 Å². The molecule has 28 heavy (non-hydrogen) atoms. The lowest BCUT2D eigenvalue weighted by Crippen LogP contribution is -2.34. The molecule has 7 heteroatoms. The predicted molar refractivity (Wildman–Crippen MR) is 107 cm³/mol. The minimum atomic E-state index is -0.601. The van der Waals surface area contributed by atoms with Crippen molar-refractivity contribution >= 4 is 17.5 Å². The number of ether oxygens (including phenoxy) is 1. The van der Waals surface area contributed by atoms with Gasteiger partial charge in [0, 0.05) is 24.8 Å². The number of hydrogen-bond donors (Lipinski definition) is 2. The Morgan fingerprint density at radius 3 is 2.39 bits per heavy atom. The third-order valence-corrected chi connectivity index (χ3v) is 4.43. The first-order valence-electron chi connectivity index (χ1n) is 9.24. The Balaban J connectivity index is 2.06. The molecule has 0 saturated carbocycles. The van der Waals surface area contributed by atoms with Crippen molar-refractivity contribution in [2.75, 3.05) is 38.6 Å². The van der Waals surface area contributed by atoms with Crippen LogP contribution in [-0.2, 0) is 0 Å². The van der Waals surface area contributed by atoms with Crippen LogP contribution in [0.1, 0.15) is 34.6 Å². The first-order valence-corrected chi connectivity index (χ1v) is 9.24. The van der Waals surface area contributed by atoms with E-state index in [4.69, 9.17) is 4.74 Å². The zero-order valence-corrected chi connectivity index (χ0v) is 16.4. The molecule has 6 nitrogen and oxygen atoms in total. The number of nitrogens with zero attached hydrogens (tertiary/aromatic N) is 1. The minimum absolute atomic E-state index is 0.0558. The number of rotatable bonds is 9. The second kappa shape index (κ2) is 10.4. The van der Waals surface area contributed by atoms with Crippen molar-refractivity contribution in [3.8, 4) is 5.75 Å². The smallest absolute Gasteiger partial charge is 0.258 e. The van der Waals surface area contributed by atoms with Crippen LogP contribution in [0, 0.1) is 5.82 Å². The van der Waals surface area contributed by atoms with Crippen LogP contribution in [0.5, 0.6) is 5.75 Å². The molecule has 0 bridgehead atoms. The van der Waals surface area contributed by atoms with E-state index < -0.39 is 11.7 Å². The summed E-state index contributed by atoms with van der Waals surface area (Å²) in [6, 6.07) is 10.4. The summed E-state index contributed by atoms with van der Waals surface area (Å²) in [6.07, 6.45) is 0. The molecule has 2 aromatic rings. The molecular formula is C21H26FN3O3. The van der Waals surface area contributed by atoms with Crippen molar-refractivity contribution in [2.24, 2.45) is 0 Å². The average Bonchev–Trinajstić information content (AvgIpc) is 2.71. The van der Waals surface area contributed by atoms with Crippen molar-refractivity contribution in [3.63, 3.8) is 0 Å². The predicted octanol–water partition coefficient (Wildman–Crippen LogP) is 3.16. The van der Waals surface area contributed by atoms with Crippen LogP contribution in [0.15, 0.2) is 42.5 Å². The quantitative estimate of drug-likeness (QED) is 0.693. The molecule has 2 amide bonds. The summed E-state index contributed by atoms with van der Waals surface area (Å²) in [5.41, 5.74) is 0.718. The number of hydrogen-bond acceptors (Lipinski definition) is 4. The minimum Gasteiger partial charge on any atom is -0.496 e. The maximum absolute atomic E-state index is 13.7. The number of carbonyl (C=O) groups excluding carboxylic acids is 2. The Morgan fingerprint density at radius 1 is 1.04 bits per heavy atom. The van der Waals surface area contributed by atoms with Crippen molar-refractivity contribution in [3.05, 3.63) is 59.4 Å². The molecule has 0 heterocycles. The van der Waals surface area contributed by atoms with Gasteiger partial charge in [0.2, 0.25) is 0 Å². The van der Waals surface area contributed by atoms with Crippen molar-refractivity contribution in [1.82, 2.24) is 10.2 Å². The van der Waals surface area contributed by atoms with Gasteiger partial charge < -0.3 is 20.3 Å². The van der Waals surface area contributed by atoms with Crippen LogP contribution in [0.3, 0.4) is 0 Å². The number of nitrogens with one attached hydrogen (secondary N) is 2. The molecule has 0 unspecified atom stereocenters. The first kappa shape index (κ1) is 21.4. The highest BCUT2D eigenvalue weighted by molar-refractivity contribution is 6.05. The van der Waals surface area contributed by atoms with E-state index in [1.807, 2.05) is 0 Å². The van der Waals surface area contributed by atoms with Gasteiger partial charge in [0.05, 0.1) is 18.2 Å². The Morgan fingerprint density at radius 2 is 1.75 bits per heavy atom. The van der Waals surface area contributed by atoms with Crippen LogP contribution < -0.4 is 15.4 Å². The Hall–Kier alpha value is -2.93. The number of likely N-dealkylation sites (N-methyl/N-ethyl adjacent to an activating group) is 1. The van der Waals surface area contributed by atoms with Gasteiger partial charge in [-0.25, -0.2) is 4.39 Å². The van der Waals surface area contributed by atoms with Crippen LogP contribution in [0.25, 0.3) is 0 Å². The largest absolute Gasteiger partial charge is 0.496 e. The lowest BCUT2D eigenvalue weighted by molar-refractivity contribution is 0.0945. The molecule has 2 aromatic carbocycles. The van der Waals surface area contributed by atoms with Gasteiger partial charge in [-0.05, 0) is 37.4 Å². The lowest BCUT2D eigenvalue weighted by Gasteiger charge is -2.18. The van der Waals surface area contributed by atoms with Gasteiger partial charge in [-0.2, -0.15) is 0 Å². The van der Waals surface area contributed by atoms with Gasteiger partial charge in [-0.15, -0.1) is 0 Å². The van der Waals surface area contributed by atoms with E-state index in [0.717, 1.165) is 19.6 Å². The zero-order chi connectivity index (χ0) is 20.5. The fourth-order valence-electron chi connectivity index (χ4n) is 2.76. The van der Waals surface area contributed by atoms with Gasteiger partial charge >= 0.3 is 0 Å². The van der Waals surface area contributed by atoms with Gasteiger partial charge in [-0.1, -0.05) is 26.0 Å². The van der Waals surface area contributed by atoms with Crippen LogP contribution >= 0.6 is 0 Å². The van der Waals surface area contributed by atoms with Crippen LogP contribution in [0.4, 0.5) is 10.1 Å². The van der Waals surface area contributed by atoms with Crippen molar-refractivity contribution in [2.45, 2.75) is 13.8 Å². The molecule has 0 saturated heterocycles. The highest BCUT2D eigenvalue weighted by atomic mass is 19.1. The molecule has 2 N–H and O–H groups in total. The molecule has 0 aromatic heterocycles. The molecule has 2 rings (SSSR count). The van der Waals surface area contributed by atoms with Gasteiger partial charge in [0.1, 0.15) is 11.6 Å². The normalized spacial score (nSPS) is 10.6. The second-order valence-electron chi connectivity index (χ2n) is 6.13. The fraction of sp³-hybridized carbons (Fsp3) is 0.333. The molecular weight excluding hydrogens is 361 g/mol. The Kier molecular flexibility index (Phi) is 7.95. The standard InChI is InChI=1S/C21H26FN3O3/c1-4-25(5-2)13-12-23-20(26)17-11-10-15(14-19(17)28-3)24-21(27)16-8-6-7-9-18(16)22/h6-11,14H,4-5,12-13H2,1-3H3,(H,23,26)(H,24,27). The van der Waals surface area contributed by atoms with E-state index in [9.17, 15) is 14.0 Å². The monoisotopic (exact) mass is 387 g/mol. The molecule has 0 radical (unpaired) electrons. The number of carbonyl (C=O) groups is 2. The second-order valence-corrected chi connectivity index (χ2v) is 6.13. The van der Waals surface area contributed by atoms with Gasteiger partial charge in [0.15, 0.2) is 0 Å². The number of benzene rings is 2. The third kappa shape index (κ3) is 5.53. The molecule has 0 spiro atoms. The molecule has 0 aliphatic rings. The molecule has 0 atom stereocenters. The first-order chi connectivity index (χ1) is 13.5. The summed E-state index contributed by atoms with van der Waals surface area (Å²) in [5.74, 6) is -1.10. The van der Waals surface area contributed by atoms with E-state index in [0.29, 0.717) is 23.5 Å². The Labute approximate surface area is 164 Å². The zero-order valence-electron chi connectivity index (χ0n) is 16.4. The number of methoxy groups -OCH3 is 1. The van der Waals surface area contributed by atoms with E-state index in [1.165, 1.54) is 31.4 Å². The fourth-order valence-corrected chi connectivity index (χ4v) is 2.76. The summed E-state index contributed by atoms with van der Waals surface area (Å²) in [7, 11) is 1.45. The van der Waals surface area contributed by atoms with E-state index >= 15 is 0 Å². The number of amides is 2. The van der Waals surface area contributed by atoms with Crippen molar-refractivity contribution < 1.29 is 18.7 Å². The molecule has 0 aliphatic heterocycles. The highest BCUT2D eigenvalue weighted by Gasteiger charge is 2.15. The van der Waals surface area contributed by atoms with E-state index in [2.05, 4.69) is 29.4 Å². The van der Waals surface area contributed by atoms with Crippen molar-refractivity contribution in [1.29, 1.82) is 0 Å². The maximum atomic E-state index is 13.7. The number of halogens is 1. The SMILES string of the molecule is CCN(CC)CCNC(=O)c1ccc(NC(=O)c2ccccc2F)cc1OC. The topological polar surface area (TPSA) is 70.7 Å². The van der Waals surface area contributed by atoms with E-state index in [1.54, 1.807) is 18.2 Å². The lowest BCUT2D eigenvalue weighted by atomic mass is 10.1. The average molecular weight is 387 g/mol. The summed E-state index contributed by atoms with van der Waals surface area (Å²) in [6.45, 7) is 7.27. The van der Waals surface area contributed by atoms with Crippen LogP contribution in [0.2, 0.25) is 0 Å². The summed E-state index contributed by atoms with van der Waals surface area (Å²) >= 11 is 0. The van der Waals surface area contributed by atoms with Gasteiger partial charge in [0.25, 0.3) is 11.8 Å². The van der Waals surface area contributed by atoms with Crippen LogP contribution in [-0.4, -0.2) is 50.0 Å². The third-order valence-electron chi connectivity index (χ3n) is 4.43.